The number of hydrogen-bond donors (Lipinski definition) is 0. The number of nitrogens with zero attached hydrogens (tertiary/aromatic N) is 3. The Bertz CT molecular complexity index is 879. The summed E-state index contributed by atoms with van der Waals surface area (Å²) in [5, 5.41) is 9.55. The van der Waals surface area contributed by atoms with E-state index in [1.165, 1.54) is 0 Å². The van der Waals surface area contributed by atoms with E-state index in [0.29, 0.717) is 17.0 Å². The molecule has 3 aromatic rings. The third-order valence-corrected chi connectivity index (χ3v) is 3.14. The van der Waals surface area contributed by atoms with Crippen molar-refractivity contribution in [3.63, 3.8) is 0 Å². The zero-order chi connectivity index (χ0) is 15.4. The first-order valence-electron chi connectivity index (χ1n) is 6.65. The van der Waals surface area contributed by atoms with E-state index in [1.807, 2.05) is 18.2 Å². The molecule has 0 fully saturated rings. The molecule has 0 aliphatic heterocycles. The average Bonchev–Trinajstić information content (AvgIpc) is 2.59. The third kappa shape index (κ3) is 2.76. The Kier molecular flexibility index (Phi) is 3.75. The van der Waals surface area contributed by atoms with E-state index < -0.39 is 5.97 Å². The van der Waals surface area contributed by atoms with Gasteiger partial charge in [-0.3, -0.25) is 4.98 Å². The van der Waals surface area contributed by atoms with Gasteiger partial charge < -0.3 is 4.74 Å². The van der Waals surface area contributed by atoms with Crippen LogP contribution in [0.4, 0.5) is 0 Å². The Morgan fingerprint density at radius 3 is 2.86 bits per heavy atom. The van der Waals surface area contributed by atoms with Crippen LogP contribution in [0.25, 0.3) is 10.9 Å². The van der Waals surface area contributed by atoms with Gasteiger partial charge in [0.05, 0.1) is 16.8 Å². The predicted octanol–water partition coefficient (Wildman–Crippen LogP) is 2.86. The Hall–Kier alpha value is -3.26. The van der Waals surface area contributed by atoms with Crippen molar-refractivity contribution in [2.75, 3.05) is 0 Å². The molecule has 0 spiro atoms. The highest BCUT2D eigenvalue weighted by atomic mass is 16.5. The summed E-state index contributed by atoms with van der Waals surface area (Å²) in [6, 6.07) is 15.9. The number of fused-ring (bicyclic) bond motifs is 1. The summed E-state index contributed by atoms with van der Waals surface area (Å²) < 4.78 is 5.28. The number of hydrogen-bond acceptors (Lipinski definition) is 5. The maximum atomic E-state index is 12.2. The summed E-state index contributed by atoms with van der Waals surface area (Å²) in [5.41, 5.74) is 2.03. The fraction of sp³-hybridized carbons (Fsp3) is 0.0588. The van der Waals surface area contributed by atoms with Crippen LogP contribution in [0.15, 0.2) is 54.7 Å². The molecule has 2 heterocycles. The molecule has 0 aliphatic rings. The Balaban J connectivity index is 1.80. The van der Waals surface area contributed by atoms with Crippen molar-refractivity contribution >= 4 is 16.9 Å². The van der Waals surface area contributed by atoms with Crippen LogP contribution in [-0.4, -0.2) is 15.9 Å². The van der Waals surface area contributed by atoms with Gasteiger partial charge in [0.25, 0.3) is 0 Å². The summed E-state index contributed by atoms with van der Waals surface area (Å²) in [6.45, 7) is 0.0189. The fourth-order valence-electron chi connectivity index (χ4n) is 2.12. The lowest BCUT2D eigenvalue weighted by molar-refractivity contribution is 0.0470. The van der Waals surface area contributed by atoms with Crippen molar-refractivity contribution in [3.05, 3.63) is 71.7 Å². The summed E-state index contributed by atoms with van der Waals surface area (Å²) in [4.78, 5) is 20.5. The van der Waals surface area contributed by atoms with Gasteiger partial charge in [0.15, 0.2) is 0 Å². The van der Waals surface area contributed by atoms with Crippen LogP contribution in [0.5, 0.6) is 0 Å². The predicted molar refractivity (Wildman–Crippen MR) is 79.8 cm³/mol. The fourth-order valence-corrected chi connectivity index (χ4v) is 2.12. The molecule has 2 aromatic heterocycles. The zero-order valence-electron chi connectivity index (χ0n) is 11.6. The second-order valence-electron chi connectivity index (χ2n) is 4.58. The third-order valence-electron chi connectivity index (χ3n) is 3.14. The maximum absolute atomic E-state index is 12.2. The summed E-state index contributed by atoms with van der Waals surface area (Å²) in [5.74, 6) is -0.442. The highest BCUT2D eigenvalue weighted by molar-refractivity contribution is 6.03. The molecule has 22 heavy (non-hydrogen) atoms. The first-order chi connectivity index (χ1) is 10.8. The molecule has 1 aromatic carbocycles. The van der Waals surface area contributed by atoms with Crippen molar-refractivity contribution in [1.29, 1.82) is 5.26 Å². The molecule has 106 valence electrons. The minimum atomic E-state index is -0.442. The van der Waals surface area contributed by atoms with E-state index in [1.54, 1.807) is 42.6 Å². The largest absolute Gasteiger partial charge is 0.456 e. The minimum Gasteiger partial charge on any atom is -0.456 e. The Morgan fingerprint density at radius 1 is 1.14 bits per heavy atom. The van der Waals surface area contributed by atoms with Gasteiger partial charge >= 0.3 is 5.97 Å². The van der Waals surface area contributed by atoms with Crippen molar-refractivity contribution in [3.8, 4) is 6.07 Å². The molecule has 0 N–H and O–H groups in total. The number of pyridine rings is 2. The minimum absolute atomic E-state index is 0.0189. The smallest absolute Gasteiger partial charge is 0.339 e. The molecule has 0 atom stereocenters. The van der Waals surface area contributed by atoms with Gasteiger partial charge in [-0.25, -0.2) is 9.78 Å². The molecule has 5 nitrogen and oxygen atoms in total. The molecule has 0 radical (unpaired) electrons. The van der Waals surface area contributed by atoms with Crippen molar-refractivity contribution in [2.24, 2.45) is 0 Å². The van der Waals surface area contributed by atoms with E-state index in [9.17, 15) is 4.79 Å². The van der Waals surface area contributed by atoms with E-state index in [-0.39, 0.29) is 6.61 Å². The molecule has 0 aliphatic carbocycles. The van der Waals surface area contributed by atoms with Crippen LogP contribution >= 0.6 is 0 Å². The number of esters is 1. The molecule has 0 bridgehead atoms. The lowest BCUT2D eigenvalue weighted by Crippen LogP contribution is -2.07. The van der Waals surface area contributed by atoms with Crippen LogP contribution in [0.3, 0.4) is 0 Å². The molecule has 0 saturated heterocycles. The first kappa shape index (κ1) is 13.7. The molecule has 5 heteroatoms. The summed E-state index contributed by atoms with van der Waals surface area (Å²) in [7, 11) is 0. The number of carbonyl (C=O) groups excluding carboxylic acids is 1. The number of nitriles is 1. The topological polar surface area (TPSA) is 75.9 Å². The zero-order valence-corrected chi connectivity index (χ0v) is 11.6. The lowest BCUT2D eigenvalue weighted by Gasteiger charge is -2.07. The van der Waals surface area contributed by atoms with E-state index in [4.69, 9.17) is 10.00 Å². The van der Waals surface area contributed by atoms with Gasteiger partial charge in [-0.2, -0.15) is 5.26 Å². The van der Waals surface area contributed by atoms with Gasteiger partial charge in [-0.15, -0.1) is 0 Å². The number of carbonyl (C=O) groups is 1. The first-order valence-corrected chi connectivity index (χ1v) is 6.65. The molecule has 0 amide bonds. The number of aromatic nitrogens is 2. The summed E-state index contributed by atoms with van der Waals surface area (Å²) >= 11 is 0. The van der Waals surface area contributed by atoms with Gasteiger partial charge in [0.2, 0.25) is 0 Å². The molecule has 0 saturated carbocycles. The van der Waals surface area contributed by atoms with Gasteiger partial charge in [-0.05, 0) is 30.3 Å². The van der Waals surface area contributed by atoms with Gasteiger partial charge in [0, 0.05) is 11.6 Å². The standard InChI is InChI=1S/C17H11N3O2/c18-10-12-4-1-5-13(20-12)11-22-17(21)15-6-2-8-16-14(15)7-3-9-19-16/h1-9H,11H2. The Labute approximate surface area is 126 Å². The molecular weight excluding hydrogens is 278 g/mol. The molecule has 0 unspecified atom stereocenters. The normalized spacial score (nSPS) is 10.1. The van der Waals surface area contributed by atoms with E-state index in [0.717, 1.165) is 10.9 Å². The highest BCUT2D eigenvalue weighted by Gasteiger charge is 2.12. The quantitative estimate of drug-likeness (QED) is 0.693. The maximum Gasteiger partial charge on any atom is 0.339 e. The second kappa shape index (κ2) is 6.02. The lowest BCUT2D eigenvalue weighted by atomic mass is 10.1. The van der Waals surface area contributed by atoms with Crippen LogP contribution in [0.2, 0.25) is 0 Å². The van der Waals surface area contributed by atoms with Crippen LogP contribution < -0.4 is 0 Å². The summed E-state index contributed by atoms with van der Waals surface area (Å²) in [6.07, 6.45) is 1.68. The molecular formula is C17H11N3O2. The van der Waals surface area contributed by atoms with Gasteiger partial charge in [-0.1, -0.05) is 18.2 Å². The van der Waals surface area contributed by atoms with Crippen LogP contribution in [-0.2, 0) is 11.3 Å². The number of ether oxygens (including phenoxy) is 1. The monoisotopic (exact) mass is 289 g/mol. The second-order valence-corrected chi connectivity index (χ2v) is 4.58. The Morgan fingerprint density at radius 2 is 2.00 bits per heavy atom. The number of rotatable bonds is 3. The van der Waals surface area contributed by atoms with Crippen LogP contribution in [0.1, 0.15) is 21.7 Å². The SMILES string of the molecule is N#Cc1cccc(COC(=O)c2cccc3ncccc23)n1. The number of benzene rings is 1. The van der Waals surface area contributed by atoms with Crippen molar-refractivity contribution < 1.29 is 9.53 Å². The van der Waals surface area contributed by atoms with Gasteiger partial charge in [0.1, 0.15) is 18.4 Å². The van der Waals surface area contributed by atoms with Crippen molar-refractivity contribution in [2.45, 2.75) is 6.61 Å². The van der Waals surface area contributed by atoms with Crippen LogP contribution in [0, 0.1) is 11.3 Å². The highest BCUT2D eigenvalue weighted by Crippen LogP contribution is 2.17. The van der Waals surface area contributed by atoms with E-state index >= 15 is 0 Å². The molecule has 3 rings (SSSR count). The average molecular weight is 289 g/mol. The van der Waals surface area contributed by atoms with Crippen molar-refractivity contribution in [1.82, 2.24) is 9.97 Å². The van der Waals surface area contributed by atoms with E-state index in [2.05, 4.69) is 9.97 Å².